The summed E-state index contributed by atoms with van der Waals surface area (Å²) in [7, 11) is 0. The average molecular weight is 304 g/mol. The molecule has 2 nitrogen and oxygen atoms in total. The molecule has 2 aromatic rings. The Bertz CT molecular complexity index is 653. The molecule has 6 heteroatoms. The Kier molecular flexibility index (Phi) is 3.82. The van der Waals surface area contributed by atoms with Crippen LogP contribution in [-0.4, -0.2) is 11.3 Å². The Hall–Kier alpha value is -1.49. The van der Waals surface area contributed by atoms with Gasteiger partial charge in [0.15, 0.2) is 5.75 Å². The highest BCUT2D eigenvalue weighted by atomic mass is 35.5. The Labute approximate surface area is 119 Å². The Morgan fingerprint density at radius 1 is 1.25 bits per heavy atom. The van der Waals surface area contributed by atoms with E-state index in [9.17, 15) is 13.2 Å². The number of nitrogens with zero attached hydrogens (tertiary/aromatic N) is 1. The molecule has 0 aliphatic heterocycles. The summed E-state index contributed by atoms with van der Waals surface area (Å²) in [5.74, 6) is -0.207. The van der Waals surface area contributed by atoms with Crippen molar-refractivity contribution in [3.05, 3.63) is 34.5 Å². The van der Waals surface area contributed by atoms with E-state index < -0.39 is 6.36 Å². The molecule has 0 aliphatic rings. The van der Waals surface area contributed by atoms with Gasteiger partial charge in [0.1, 0.15) is 5.52 Å². The van der Waals surface area contributed by atoms with Crippen LogP contribution in [0.1, 0.15) is 31.0 Å². The predicted octanol–water partition coefficient (Wildman–Crippen LogP) is 5.22. The van der Waals surface area contributed by atoms with Crippen LogP contribution >= 0.6 is 11.6 Å². The first-order chi connectivity index (χ1) is 9.20. The van der Waals surface area contributed by atoms with Gasteiger partial charge in [-0.05, 0) is 24.5 Å². The molecule has 0 radical (unpaired) electrons. The number of alkyl halides is 3. The molecule has 0 bridgehead atoms. The quantitative estimate of drug-likeness (QED) is 0.759. The molecule has 0 amide bonds. The first kappa shape index (κ1) is 14.9. The minimum absolute atomic E-state index is 0.122. The van der Waals surface area contributed by atoms with Crippen molar-refractivity contribution in [3.63, 3.8) is 0 Å². The van der Waals surface area contributed by atoms with Crippen LogP contribution in [0.25, 0.3) is 10.9 Å². The van der Waals surface area contributed by atoms with Crippen molar-refractivity contribution in [2.75, 3.05) is 0 Å². The molecular weight excluding hydrogens is 291 g/mol. The highest BCUT2D eigenvalue weighted by Gasteiger charge is 2.32. The van der Waals surface area contributed by atoms with Crippen LogP contribution in [0.2, 0.25) is 5.02 Å². The maximum atomic E-state index is 12.4. The van der Waals surface area contributed by atoms with Gasteiger partial charge in [-0.1, -0.05) is 37.6 Å². The van der Waals surface area contributed by atoms with Gasteiger partial charge < -0.3 is 4.74 Å². The lowest BCUT2D eigenvalue weighted by Gasteiger charge is -2.16. The number of hydrogen-bond donors (Lipinski definition) is 0. The van der Waals surface area contributed by atoms with Crippen LogP contribution < -0.4 is 4.74 Å². The van der Waals surface area contributed by atoms with Gasteiger partial charge in [-0.2, -0.15) is 0 Å². The van der Waals surface area contributed by atoms with Crippen LogP contribution in [-0.2, 0) is 0 Å². The molecule has 1 aromatic heterocycles. The number of para-hydroxylation sites is 1. The first-order valence-corrected chi connectivity index (χ1v) is 6.43. The minimum atomic E-state index is -4.76. The second-order valence-corrected chi connectivity index (χ2v) is 5.16. The maximum absolute atomic E-state index is 12.4. The standard InChI is InChI=1S/C14H13ClF3NO/c1-7(2)11-8(3)19-13-9(12(11)15)5-4-6-10(13)20-14(16,17)18/h4-7H,1-3H3. The van der Waals surface area contributed by atoms with Crippen molar-refractivity contribution in [1.29, 1.82) is 0 Å². The minimum Gasteiger partial charge on any atom is -0.403 e. The van der Waals surface area contributed by atoms with Crippen LogP contribution in [0.15, 0.2) is 18.2 Å². The van der Waals surface area contributed by atoms with Gasteiger partial charge in [-0.15, -0.1) is 13.2 Å². The van der Waals surface area contributed by atoms with E-state index in [1.54, 1.807) is 13.0 Å². The summed E-state index contributed by atoms with van der Waals surface area (Å²) < 4.78 is 41.2. The molecule has 0 saturated heterocycles. The molecule has 108 valence electrons. The zero-order valence-corrected chi connectivity index (χ0v) is 11.9. The summed E-state index contributed by atoms with van der Waals surface area (Å²) in [4.78, 5) is 4.23. The summed E-state index contributed by atoms with van der Waals surface area (Å²) >= 11 is 6.31. The SMILES string of the molecule is Cc1nc2c(OC(F)(F)F)cccc2c(Cl)c1C(C)C. The summed E-state index contributed by atoms with van der Waals surface area (Å²) in [6.45, 7) is 5.64. The van der Waals surface area contributed by atoms with Crippen molar-refractivity contribution in [1.82, 2.24) is 4.98 Å². The molecule has 20 heavy (non-hydrogen) atoms. The molecule has 0 aliphatic carbocycles. The van der Waals surface area contributed by atoms with Crippen molar-refractivity contribution < 1.29 is 17.9 Å². The Balaban J connectivity index is 2.71. The third-order valence-electron chi connectivity index (χ3n) is 2.94. The van der Waals surface area contributed by atoms with E-state index in [1.165, 1.54) is 12.1 Å². The smallest absolute Gasteiger partial charge is 0.403 e. The number of fused-ring (bicyclic) bond motifs is 1. The van der Waals surface area contributed by atoms with Gasteiger partial charge in [0, 0.05) is 11.1 Å². The van der Waals surface area contributed by atoms with Crippen molar-refractivity contribution in [2.24, 2.45) is 0 Å². The van der Waals surface area contributed by atoms with Crippen molar-refractivity contribution in [3.8, 4) is 5.75 Å². The van der Waals surface area contributed by atoms with Gasteiger partial charge >= 0.3 is 6.36 Å². The van der Waals surface area contributed by atoms with Gasteiger partial charge in [0.05, 0.1) is 5.02 Å². The number of ether oxygens (including phenoxy) is 1. The lowest BCUT2D eigenvalue weighted by molar-refractivity contribution is -0.274. The number of aryl methyl sites for hydroxylation is 1. The topological polar surface area (TPSA) is 22.1 Å². The van der Waals surface area contributed by atoms with Crippen molar-refractivity contribution >= 4 is 22.5 Å². The van der Waals surface area contributed by atoms with Crippen LogP contribution in [0.5, 0.6) is 5.75 Å². The van der Waals surface area contributed by atoms with E-state index in [4.69, 9.17) is 11.6 Å². The molecule has 0 atom stereocenters. The van der Waals surface area contributed by atoms with Crippen LogP contribution in [0.3, 0.4) is 0 Å². The van der Waals surface area contributed by atoms with Gasteiger partial charge in [-0.25, -0.2) is 4.98 Å². The lowest BCUT2D eigenvalue weighted by atomic mass is 9.99. The molecule has 1 heterocycles. The fourth-order valence-electron chi connectivity index (χ4n) is 2.22. The van der Waals surface area contributed by atoms with E-state index in [1.807, 2.05) is 13.8 Å². The predicted molar refractivity (Wildman–Crippen MR) is 72.3 cm³/mol. The van der Waals surface area contributed by atoms with Gasteiger partial charge in [0.25, 0.3) is 0 Å². The maximum Gasteiger partial charge on any atom is 0.573 e. The van der Waals surface area contributed by atoms with Crippen LogP contribution in [0.4, 0.5) is 13.2 Å². The van der Waals surface area contributed by atoms with Crippen molar-refractivity contribution in [2.45, 2.75) is 33.1 Å². The second-order valence-electron chi connectivity index (χ2n) is 4.78. The number of aromatic nitrogens is 1. The fourth-order valence-corrected chi connectivity index (χ4v) is 2.73. The molecule has 0 unspecified atom stereocenters. The summed E-state index contributed by atoms with van der Waals surface area (Å²) in [6.07, 6.45) is -4.76. The molecule has 2 rings (SSSR count). The Morgan fingerprint density at radius 3 is 2.45 bits per heavy atom. The second kappa shape index (κ2) is 5.13. The third-order valence-corrected chi connectivity index (χ3v) is 3.35. The van der Waals surface area contributed by atoms with Crippen LogP contribution in [0, 0.1) is 6.92 Å². The van der Waals surface area contributed by atoms with Gasteiger partial charge in [0.2, 0.25) is 0 Å². The third kappa shape index (κ3) is 2.82. The largest absolute Gasteiger partial charge is 0.573 e. The first-order valence-electron chi connectivity index (χ1n) is 6.05. The zero-order chi connectivity index (χ0) is 15.1. The summed E-state index contributed by atoms with van der Waals surface area (Å²) in [5, 5.41) is 0.887. The molecule has 0 spiro atoms. The monoisotopic (exact) mass is 303 g/mol. The zero-order valence-electron chi connectivity index (χ0n) is 11.2. The molecule has 0 fully saturated rings. The van der Waals surface area contributed by atoms with Gasteiger partial charge in [-0.3, -0.25) is 0 Å². The Morgan fingerprint density at radius 2 is 1.90 bits per heavy atom. The van der Waals surface area contributed by atoms with E-state index in [0.29, 0.717) is 16.1 Å². The highest BCUT2D eigenvalue weighted by molar-refractivity contribution is 6.36. The number of halogens is 4. The number of hydrogen-bond acceptors (Lipinski definition) is 2. The highest BCUT2D eigenvalue weighted by Crippen LogP contribution is 2.37. The van der Waals surface area contributed by atoms with E-state index in [0.717, 1.165) is 5.56 Å². The average Bonchev–Trinajstić information content (AvgIpc) is 2.28. The molecule has 1 aromatic carbocycles. The molecule has 0 saturated carbocycles. The number of pyridine rings is 1. The number of benzene rings is 1. The van der Waals surface area contributed by atoms with E-state index in [-0.39, 0.29) is 17.2 Å². The fraction of sp³-hybridized carbons (Fsp3) is 0.357. The van der Waals surface area contributed by atoms with E-state index in [2.05, 4.69) is 9.72 Å². The summed E-state index contributed by atoms with van der Waals surface area (Å²) in [5.41, 5.74) is 1.57. The number of rotatable bonds is 2. The summed E-state index contributed by atoms with van der Waals surface area (Å²) in [6, 6.07) is 4.34. The molecular formula is C14H13ClF3NO. The van der Waals surface area contributed by atoms with E-state index >= 15 is 0 Å². The molecule has 0 N–H and O–H groups in total. The lowest BCUT2D eigenvalue weighted by Crippen LogP contribution is -2.17. The normalized spacial score (nSPS) is 12.2.